The van der Waals surface area contributed by atoms with Crippen LogP contribution in [0.25, 0.3) is 33.7 Å². The van der Waals surface area contributed by atoms with Crippen molar-refractivity contribution in [1.82, 2.24) is 4.98 Å². The van der Waals surface area contributed by atoms with E-state index in [1.165, 1.54) is 11.1 Å². The molecule has 4 nitrogen and oxygen atoms in total. The van der Waals surface area contributed by atoms with Crippen LogP contribution in [-0.4, -0.2) is 16.3 Å². The fourth-order valence-electron chi connectivity index (χ4n) is 5.46. The van der Waals surface area contributed by atoms with E-state index < -0.39 is 0 Å². The van der Waals surface area contributed by atoms with Crippen molar-refractivity contribution in [3.63, 3.8) is 0 Å². The van der Waals surface area contributed by atoms with E-state index in [1.54, 1.807) is 6.21 Å². The minimum absolute atomic E-state index is 0.0747. The minimum Gasteiger partial charge on any atom is -0.507 e. The number of nitrogens with zero attached hydrogens (tertiary/aromatic N) is 2. The number of aromatic nitrogens is 1. The van der Waals surface area contributed by atoms with E-state index in [1.807, 2.05) is 42.5 Å². The van der Waals surface area contributed by atoms with Crippen LogP contribution in [0.5, 0.6) is 5.75 Å². The third kappa shape index (κ3) is 6.36. The summed E-state index contributed by atoms with van der Waals surface area (Å²) in [6.45, 7) is 21.9. The first-order valence-corrected chi connectivity index (χ1v) is 15.7. The number of benzene rings is 4. The molecule has 0 bridgehead atoms. The number of para-hydroxylation sites is 2. The van der Waals surface area contributed by atoms with Crippen molar-refractivity contribution < 1.29 is 9.52 Å². The molecule has 44 heavy (non-hydrogen) atoms. The van der Waals surface area contributed by atoms with E-state index in [9.17, 15) is 5.11 Å². The Balaban J connectivity index is 1.61. The maximum absolute atomic E-state index is 11.3. The highest BCUT2D eigenvalue weighted by molar-refractivity contribution is 5.94. The maximum atomic E-state index is 11.3. The van der Waals surface area contributed by atoms with Gasteiger partial charge in [0, 0.05) is 22.9 Å². The van der Waals surface area contributed by atoms with Gasteiger partial charge in [-0.3, -0.25) is 4.99 Å². The number of rotatable bonds is 6. The average Bonchev–Trinajstić information content (AvgIpc) is 3.39. The molecule has 5 aromatic rings. The first-order chi connectivity index (χ1) is 20.6. The summed E-state index contributed by atoms with van der Waals surface area (Å²) in [5.74, 6) is 1.63. The molecule has 5 rings (SSSR count). The molecule has 1 aromatic heterocycles. The number of aromatic hydroxyl groups is 1. The van der Waals surface area contributed by atoms with Crippen LogP contribution in [0.3, 0.4) is 0 Å². The predicted octanol–water partition coefficient (Wildman–Crippen LogP) is 11.5. The fourth-order valence-corrected chi connectivity index (χ4v) is 5.46. The Hall–Kier alpha value is -4.18. The average molecular weight is 587 g/mol. The standard InChI is InChI=1S/C40H46N2O2/c1-24(2)26-18-27(25(3)4)20-28(19-26)31-15-13-17-35-36(31)42-38(44-35)32-14-11-12-16-34(32)41-23-29-21-30(39(5,6)7)22-33(37(29)43)40(8,9)10/h11-25,43H,1-10H3. The van der Waals surface area contributed by atoms with Crippen LogP contribution in [0.4, 0.5) is 5.69 Å². The molecule has 1 N–H and O–H groups in total. The first-order valence-electron chi connectivity index (χ1n) is 15.7. The van der Waals surface area contributed by atoms with Crippen molar-refractivity contribution in [2.45, 2.75) is 91.9 Å². The van der Waals surface area contributed by atoms with Crippen LogP contribution in [-0.2, 0) is 10.8 Å². The van der Waals surface area contributed by atoms with Crippen LogP contribution in [0, 0.1) is 0 Å². The third-order valence-electron chi connectivity index (χ3n) is 8.33. The van der Waals surface area contributed by atoms with Gasteiger partial charge in [-0.15, -0.1) is 0 Å². The summed E-state index contributed by atoms with van der Waals surface area (Å²) >= 11 is 0. The van der Waals surface area contributed by atoms with Crippen molar-refractivity contribution in [3.05, 3.63) is 101 Å². The summed E-state index contributed by atoms with van der Waals surface area (Å²) in [4.78, 5) is 9.93. The summed E-state index contributed by atoms with van der Waals surface area (Å²) in [7, 11) is 0. The second-order valence-electron chi connectivity index (χ2n) is 14.6. The molecule has 0 atom stereocenters. The van der Waals surface area contributed by atoms with Gasteiger partial charge in [-0.05, 0) is 69.2 Å². The van der Waals surface area contributed by atoms with Crippen molar-refractivity contribution >= 4 is 23.0 Å². The second-order valence-corrected chi connectivity index (χ2v) is 14.6. The molecule has 0 radical (unpaired) electrons. The summed E-state index contributed by atoms with van der Waals surface area (Å²) in [5.41, 5.74) is 10.4. The van der Waals surface area contributed by atoms with Gasteiger partial charge in [0.15, 0.2) is 5.58 Å². The van der Waals surface area contributed by atoms with E-state index in [-0.39, 0.29) is 16.6 Å². The zero-order valence-corrected chi connectivity index (χ0v) is 27.9. The van der Waals surface area contributed by atoms with Crippen molar-refractivity contribution in [3.8, 4) is 28.3 Å². The quantitative estimate of drug-likeness (QED) is 0.201. The molecule has 0 amide bonds. The predicted molar refractivity (Wildman–Crippen MR) is 186 cm³/mol. The van der Waals surface area contributed by atoms with Gasteiger partial charge in [0.25, 0.3) is 0 Å². The van der Waals surface area contributed by atoms with Gasteiger partial charge in [-0.2, -0.15) is 0 Å². The van der Waals surface area contributed by atoms with Crippen LogP contribution >= 0.6 is 0 Å². The van der Waals surface area contributed by atoms with Crippen molar-refractivity contribution in [2.24, 2.45) is 4.99 Å². The normalized spacial score (nSPS) is 12.7. The SMILES string of the molecule is CC(C)c1cc(-c2cccc3oc(-c4ccccc4N=Cc4cc(C(C)(C)C)cc(C(C)(C)C)c4O)nc23)cc(C(C)C)c1. The molecule has 1 heterocycles. The monoisotopic (exact) mass is 586 g/mol. The maximum Gasteiger partial charge on any atom is 0.229 e. The van der Waals surface area contributed by atoms with Gasteiger partial charge in [0.05, 0.1) is 11.3 Å². The molecule has 4 aromatic carbocycles. The summed E-state index contributed by atoms with van der Waals surface area (Å²) < 4.78 is 6.38. The Morgan fingerprint density at radius 2 is 1.39 bits per heavy atom. The Morgan fingerprint density at radius 1 is 0.750 bits per heavy atom. The Bertz CT molecular complexity index is 1820. The van der Waals surface area contributed by atoms with Gasteiger partial charge in [0.1, 0.15) is 11.3 Å². The highest BCUT2D eigenvalue weighted by Gasteiger charge is 2.25. The van der Waals surface area contributed by atoms with E-state index >= 15 is 0 Å². The molecule has 0 aliphatic carbocycles. The minimum atomic E-state index is -0.216. The summed E-state index contributed by atoms with van der Waals surface area (Å²) in [6, 6.07) is 25.0. The largest absolute Gasteiger partial charge is 0.507 e. The summed E-state index contributed by atoms with van der Waals surface area (Å²) in [5, 5.41) is 11.3. The van der Waals surface area contributed by atoms with E-state index in [2.05, 4.69) is 99.6 Å². The lowest BCUT2D eigenvalue weighted by molar-refractivity contribution is 0.444. The molecule has 228 valence electrons. The first kappa shape index (κ1) is 31.3. The second kappa shape index (κ2) is 11.7. The molecule has 4 heteroatoms. The molecule has 0 aliphatic rings. The van der Waals surface area contributed by atoms with Gasteiger partial charge in [-0.25, -0.2) is 4.98 Å². The Kier molecular flexibility index (Phi) is 8.33. The number of phenols is 1. The molecule has 0 saturated carbocycles. The number of fused-ring (bicyclic) bond motifs is 1. The molecular weight excluding hydrogens is 540 g/mol. The van der Waals surface area contributed by atoms with Crippen LogP contribution in [0.1, 0.15) is 109 Å². The number of hydrogen-bond acceptors (Lipinski definition) is 4. The van der Waals surface area contributed by atoms with Gasteiger partial charge >= 0.3 is 0 Å². The number of aliphatic imine (C=N–C) groups is 1. The molecule has 0 fully saturated rings. The lowest BCUT2D eigenvalue weighted by Crippen LogP contribution is -2.17. The topological polar surface area (TPSA) is 58.6 Å². The lowest BCUT2D eigenvalue weighted by atomic mass is 9.79. The highest BCUT2D eigenvalue weighted by atomic mass is 16.3. The Labute approximate surface area is 262 Å². The molecule has 0 aliphatic heterocycles. The van der Waals surface area contributed by atoms with Crippen molar-refractivity contribution in [2.75, 3.05) is 0 Å². The van der Waals surface area contributed by atoms with E-state index in [0.29, 0.717) is 23.3 Å². The van der Waals surface area contributed by atoms with E-state index in [0.717, 1.165) is 44.6 Å². The van der Waals surface area contributed by atoms with Crippen LogP contribution < -0.4 is 0 Å². The van der Waals surface area contributed by atoms with Gasteiger partial charge in [0.2, 0.25) is 5.89 Å². The van der Waals surface area contributed by atoms with Gasteiger partial charge < -0.3 is 9.52 Å². The van der Waals surface area contributed by atoms with Gasteiger partial charge in [-0.1, -0.05) is 118 Å². The fraction of sp³-hybridized carbons (Fsp3) is 0.350. The molecular formula is C40H46N2O2. The number of phenolic OH excluding ortho intramolecular Hbond substituents is 1. The third-order valence-corrected chi connectivity index (χ3v) is 8.33. The molecule has 0 spiro atoms. The van der Waals surface area contributed by atoms with Crippen LogP contribution in [0.15, 0.2) is 82.2 Å². The lowest BCUT2D eigenvalue weighted by Gasteiger charge is -2.27. The molecule has 0 unspecified atom stereocenters. The van der Waals surface area contributed by atoms with Crippen LogP contribution in [0.2, 0.25) is 0 Å². The van der Waals surface area contributed by atoms with Crippen molar-refractivity contribution in [1.29, 1.82) is 0 Å². The zero-order valence-electron chi connectivity index (χ0n) is 27.9. The number of hydrogen-bond donors (Lipinski definition) is 1. The molecule has 0 saturated heterocycles. The Morgan fingerprint density at radius 3 is 2.00 bits per heavy atom. The van der Waals surface area contributed by atoms with E-state index in [4.69, 9.17) is 14.4 Å². The highest BCUT2D eigenvalue weighted by Crippen LogP contribution is 2.39. The zero-order chi connectivity index (χ0) is 32.0. The summed E-state index contributed by atoms with van der Waals surface area (Å²) in [6.07, 6.45) is 1.76. The number of oxazole rings is 1. The smallest absolute Gasteiger partial charge is 0.229 e.